The van der Waals surface area contributed by atoms with E-state index in [2.05, 4.69) is 24.2 Å². The fourth-order valence-corrected chi connectivity index (χ4v) is 1.54. The van der Waals surface area contributed by atoms with Crippen molar-refractivity contribution in [2.24, 2.45) is 0 Å². The number of nitrogens with one attached hydrogen (secondary N) is 1. The maximum Gasteiger partial charge on any atom is 0.119 e. The summed E-state index contributed by atoms with van der Waals surface area (Å²) < 4.78 is 5.54. The molecule has 3 heteroatoms. The lowest BCUT2D eigenvalue weighted by molar-refractivity contribution is 0.107. The van der Waals surface area contributed by atoms with Crippen LogP contribution in [0.4, 0.5) is 0 Å². The summed E-state index contributed by atoms with van der Waals surface area (Å²) >= 11 is 0. The number of benzene rings is 1. The highest BCUT2D eigenvalue weighted by Crippen LogP contribution is 2.13. The fraction of sp³-hybridized carbons (Fsp3) is 0.467. The molecule has 18 heavy (non-hydrogen) atoms. The van der Waals surface area contributed by atoms with Crippen LogP contribution in [0.25, 0.3) is 0 Å². The van der Waals surface area contributed by atoms with Crippen molar-refractivity contribution in [3.05, 3.63) is 29.8 Å². The average molecular weight is 247 g/mol. The molecule has 1 unspecified atom stereocenters. The molecule has 0 fully saturated rings. The van der Waals surface area contributed by atoms with Gasteiger partial charge in [-0.15, -0.1) is 12.3 Å². The maximum absolute atomic E-state index is 9.70. The van der Waals surface area contributed by atoms with Gasteiger partial charge < -0.3 is 15.2 Å². The van der Waals surface area contributed by atoms with E-state index in [4.69, 9.17) is 11.2 Å². The van der Waals surface area contributed by atoms with Gasteiger partial charge in [-0.2, -0.15) is 0 Å². The van der Waals surface area contributed by atoms with E-state index in [1.165, 1.54) is 5.56 Å². The fourth-order valence-electron chi connectivity index (χ4n) is 1.54. The molecule has 1 aromatic carbocycles. The summed E-state index contributed by atoms with van der Waals surface area (Å²) in [5.41, 5.74) is 1.23. The highest BCUT2D eigenvalue weighted by Gasteiger charge is 2.04. The Morgan fingerprint density at radius 3 is 3.06 bits per heavy atom. The van der Waals surface area contributed by atoms with Crippen LogP contribution < -0.4 is 10.1 Å². The minimum Gasteiger partial charge on any atom is -0.491 e. The van der Waals surface area contributed by atoms with Gasteiger partial charge in [-0.05, 0) is 24.1 Å². The first-order valence-corrected chi connectivity index (χ1v) is 6.30. The van der Waals surface area contributed by atoms with Crippen molar-refractivity contribution in [2.75, 3.05) is 19.7 Å². The van der Waals surface area contributed by atoms with Gasteiger partial charge in [0.2, 0.25) is 0 Å². The predicted molar refractivity (Wildman–Crippen MR) is 73.6 cm³/mol. The van der Waals surface area contributed by atoms with Gasteiger partial charge in [-0.25, -0.2) is 0 Å². The van der Waals surface area contributed by atoms with Gasteiger partial charge in [-0.1, -0.05) is 19.1 Å². The van der Waals surface area contributed by atoms with Gasteiger partial charge in [-0.3, -0.25) is 0 Å². The van der Waals surface area contributed by atoms with Gasteiger partial charge in [0.25, 0.3) is 0 Å². The Morgan fingerprint density at radius 2 is 2.33 bits per heavy atom. The normalized spacial score (nSPS) is 11.8. The molecule has 3 nitrogen and oxygen atoms in total. The van der Waals surface area contributed by atoms with Gasteiger partial charge in [0.15, 0.2) is 0 Å². The molecule has 0 saturated heterocycles. The second-order valence-electron chi connectivity index (χ2n) is 4.12. The first-order chi connectivity index (χ1) is 8.76. The highest BCUT2D eigenvalue weighted by atomic mass is 16.5. The van der Waals surface area contributed by atoms with Crippen molar-refractivity contribution in [2.45, 2.75) is 25.9 Å². The Bertz CT molecular complexity index is 384. The van der Waals surface area contributed by atoms with Crippen LogP contribution in [0.1, 0.15) is 18.9 Å². The first kappa shape index (κ1) is 14.6. The topological polar surface area (TPSA) is 41.5 Å². The molecule has 0 aromatic heterocycles. The molecule has 0 bridgehead atoms. The van der Waals surface area contributed by atoms with E-state index in [0.29, 0.717) is 13.0 Å². The summed E-state index contributed by atoms with van der Waals surface area (Å²) in [6.07, 6.45) is 6.26. The number of hydrogen-bond donors (Lipinski definition) is 2. The van der Waals surface area contributed by atoms with Crippen LogP contribution in [0.5, 0.6) is 5.75 Å². The van der Waals surface area contributed by atoms with Crippen LogP contribution >= 0.6 is 0 Å². The van der Waals surface area contributed by atoms with Crippen LogP contribution in [0, 0.1) is 12.3 Å². The second-order valence-corrected chi connectivity index (χ2v) is 4.12. The number of hydrogen-bond acceptors (Lipinski definition) is 3. The van der Waals surface area contributed by atoms with Crippen molar-refractivity contribution in [3.63, 3.8) is 0 Å². The molecule has 0 amide bonds. The summed E-state index contributed by atoms with van der Waals surface area (Å²) in [4.78, 5) is 0. The second kappa shape index (κ2) is 8.57. The molecule has 0 aliphatic rings. The third-order valence-corrected chi connectivity index (χ3v) is 2.58. The monoisotopic (exact) mass is 247 g/mol. The van der Waals surface area contributed by atoms with E-state index in [9.17, 15) is 5.11 Å². The van der Waals surface area contributed by atoms with E-state index in [-0.39, 0.29) is 6.61 Å². The van der Waals surface area contributed by atoms with Gasteiger partial charge in [0.05, 0.1) is 0 Å². The number of aliphatic hydroxyl groups is 1. The Morgan fingerprint density at radius 1 is 1.50 bits per heavy atom. The van der Waals surface area contributed by atoms with Gasteiger partial charge in [0, 0.05) is 19.5 Å². The third-order valence-electron chi connectivity index (χ3n) is 2.58. The maximum atomic E-state index is 9.70. The quantitative estimate of drug-likeness (QED) is 0.541. The summed E-state index contributed by atoms with van der Waals surface area (Å²) in [6, 6.07) is 7.92. The molecule has 98 valence electrons. The van der Waals surface area contributed by atoms with Crippen LogP contribution in [-0.2, 0) is 6.42 Å². The number of aryl methyl sites for hydroxylation is 1. The number of rotatable bonds is 8. The van der Waals surface area contributed by atoms with Crippen molar-refractivity contribution < 1.29 is 9.84 Å². The standard InChI is InChI=1S/C15H21NO2/c1-3-5-9-16-11-14(17)12-18-15-8-6-7-13(4-2)10-15/h1,6-8,10,14,16-17H,4-5,9,11-12H2,2H3. The van der Waals surface area contributed by atoms with Crippen molar-refractivity contribution in [3.8, 4) is 18.1 Å². The predicted octanol–water partition coefficient (Wildman–Crippen LogP) is 1.60. The molecular formula is C15H21NO2. The van der Waals surface area contributed by atoms with Crippen LogP contribution in [-0.4, -0.2) is 30.9 Å². The molecule has 0 aliphatic heterocycles. The Kier molecular flexibility index (Phi) is 6.93. The van der Waals surface area contributed by atoms with Crippen molar-refractivity contribution in [1.29, 1.82) is 0 Å². The van der Waals surface area contributed by atoms with E-state index >= 15 is 0 Å². The molecule has 0 saturated carbocycles. The Hall–Kier alpha value is -1.50. The Labute approximate surface area is 109 Å². The van der Waals surface area contributed by atoms with Crippen LogP contribution in [0.15, 0.2) is 24.3 Å². The zero-order valence-electron chi connectivity index (χ0n) is 10.9. The zero-order chi connectivity index (χ0) is 13.2. The number of terminal acetylenes is 1. The lowest BCUT2D eigenvalue weighted by Gasteiger charge is -2.13. The number of ether oxygens (including phenoxy) is 1. The average Bonchev–Trinajstić information content (AvgIpc) is 2.41. The molecule has 2 N–H and O–H groups in total. The molecule has 0 radical (unpaired) electrons. The molecule has 0 spiro atoms. The van der Waals surface area contributed by atoms with Gasteiger partial charge >= 0.3 is 0 Å². The van der Waals surface area contributed by atoms with Crippen molar-refractivity contribution >= 4 is 0 Å². The SMILES string of the molecule is C#CCCNCC(O)COc1cccc(CC)c1. The van der Waals surface area contributed by atoms with E-state index < -0.39 is 6.10 Å². The smallest absolute Gasteiger partial charge is 0.119 e. The molecule has 0 aliphatic carbocycles. The Balaban J connectivity index is 2.24. The summed E-state index contributed by atoms with van der Waals surface area (Å²) in [6.45, 7) is 3.60. The zero-order valence-corrected chi connectivity index (χ0v) is 10.9. The minimum absolute atomic E-state index is 0.288. The van der Waals surface area contributed by atoms with Crippen molar-refractivity contribution in [1.82, 2.24) is 5.32 Å². The van der Waals surface area contributed by atoms with Gasteiger partial charge in [0.1, 0.15) is 18.5 Å². The van der Waals surface area contributed by atoms with E-state index in [0.717, 1.165) is 18.7 Å². The highest BCUT2D eigenvalue weighted by molar-refractivity contribution is 5.28. The largest absolute Gasteiger partial charge is 0.491 e. The molecule has 0 heterocycles. The third kappa shape index (κ3) is 5.72. The summed E-state index contributed by atoms with van der Waals surface area (Å²) in [5.74, 6) is 3.34. The molecule has 1 aromatic rings. The van der Waals surface area contributed by atoms with E-state index in [1.54, 1.807) is 0 Å². The number of aliphatic hydroxyl groups excluding tert-OH is 1. The van der Waals surface area contributed by atoms with E-state index in [1.807, 2.05) is 18.2 Å². The first-order valence-electron chi connectivity index (χ1n) is 6.30. The lowest BCUT2D eigenvalue weighted by atomic mass is 10.2. The molecule has 1 rings (SSSR count). The summed E-state index contributed by atoms with van der Waals surface area (Å²) in [5, 5.41) is 12.8. The lowest BCUT2D eigenvalue weighted by Crippen LogP contribution is -2.31. The summed E-state index contributed by atoms with van der Waals surface area (Å²) in [7, 11) is 0. The molecular weight excluding hydrogens is 226 g/mol. The van der Waals surface area contributed by atoms with Crippen LogP contribution in [0.3, 0.4) is 0 Å². The molecule has 1 atom stereocenters. The van der Waals surface area contributed by atoms with Crippen LogP contribution in [0.2, 0.25) is 0 Å². The minimum atomic E-state index is -0.520.